The fourth-order valence-corrected chi connectivity index (χ4v) is 3.14. The lowest BCUT2D eigenvalue weighted by Gasteiger charge is -2.10. The summed E-state index contributed by atoms with van der Waals surface area (Å²) >= 11 is 0. The monoisotopic (exact) mass is 430 g/mol. The Labute approximate surface area is 184 Å². The van der Waals surface area contributed by atoms with Crippen molar-refractivity contribution in [2.24, 2.45) is 0 Å². The highest BCUT2D eigenvalue weighted by Crippen LogP contribution is 2.21. The van der Waals surface area contributed by atoms with Crippen molar-refractivity contribution in [3.8, 4) is 17.1 Å². The van der Waals surface area contributed by atoms with Gasteiger partial charge in [0.2, 0.25) is 0 Å². The van der Waals surface area contributed by atoms with Crippen LogP contribution < -0.4 is 15.6 Å². The molecule has 162 valence electrons. The van der Waals surface area contributed by atoms with Crippen molar-refractivity contribution < 1.29 is 9.53 Å². The summed E-state index contributed by atoms with van der Waals surface area (Å²) in [5.74, 6) is 0.999. The Morgan fingerprint density at radius 2 is 1.91 bits per heavy atom. The van der Waals surface area contributed by atoms with Crippen LogP contribution in [0, 0.1) is 0 Å². The predicted molar refractivity (Wildman–Crippen MR) is 120 cm³/mol. The average Bonchev–Trinajstić information content (AvgIpc) is 3.30. The number of benzene rings is 2. The fourth-order valence-electron chi connectivity index (χ4n) is 3.14. The topological polar surface area (TPSA) is 104 Å². The number of amides is 1. The summed E-state index contributed by atoms with van der Waals surface area (Å²) in [6.07, 6.45) is 1.66. The molecule has 2 aromatic heterocycles. The van der Waals surface area contributed by atoms with Gasteiger partial charge in [0.1, 0.15) is 24.4 Å². The molecular formula is C23H22N6O3. The molecule has 0 aliphatic rings. The molecule has 2 heterocycles. The van der Waals surface area contributed by atoms with Gasteiger partial charge < -0.3 is 14.6 Å². The first kappa shape index (κ1) is 21.0. The first-order chi connectivity index (χ1) is 15.6. The van der Waals surface area contributed by atoms with Crippen LogP contribution in [0.15, 0.2) is 77.9 Å². The molecule has 0 unspecified atom stereocenters. The van der Waals surface area contributed by atoms with Crippen LogP contribution in [0.2, 0.25) is 0 Å². The van der Waals surface area contributed by atoms with E-state index in [1.807, 2.05) is 60.0 Å². The Hall–Kier alpha value is -4.27. The number of aromatic nitrogens is 5. The molecule has 1 N–H and O–H groups in total. The van der Waals surface area contributed by atoms with Crippen LogP contribution >= 0.6 is 0 Å². The quantitative estimate of drug-likeness (QED) is 0.461. The highest BCUT2D eigenvalue weighted by molar-refractivity contribution is 6.02. The van der Waals surface area contributed by atoms with Gasteiger partial charge >= 0.3 is 0 Å². The second-order valence-electron chi connectivity index (χ2n) is 6.92. The van der Waals surface area contributed by atoms with E-state index in [0.717, 1.165) is 12.1 Å². The van der Waals surface area contributed by atoms with Crippen molar-refractivity contribution in [1.29, 1.82) is 0 Å². The van der Waals surface area contributed by atoms with Gasteiger partial charge in [-0.2, -0.15) is 5.10 Å². The largest absolute Gasteiger partial charge is 0.492 e. The Morgan fingerprint density at radius 1 is 1.06 bits per heavy atom. The molecule has 0 radical (unpaired) electrons. The van der Waals surface area contributed by atoms with Crippen LogP contribution in [0.25, 0.3) is 11.4 Å². The third-order valence-corrected chi connectivity index (χ3v) is 4.75. The maximum atomic E-state index is 12.7. The van der Waals surface area contributed by atoms with Crippen molar-refractivity contribution in [3.63, 3.8) is 0 Å². The molecule has 0 saturated heterocycles. The van der Waals surface area contributed by atoms with Crippen LogP contribution in [-0.2, 0) is 13.1 Å². The highest BCUT2D eigenvalue weighted by Gasteiger charge is 2.12. The normalized spacial score (nSPS) is 10.7. The molecule has 0 spiro atoms. The minimum atomic E-state index is -0.420. The summed E-state index contributed by atoms with van der Waals surface area (Å²) in [6, 6.07) is 19.3. The van der Waals surface area contributed by atoms with Crippen molar-refractivity contribution in [2.45, 2.75) is 20.0 Å². The number of anilines is 1. The van der Waals surface area contributed by atoms with Gasteiger partial charge in [0, 0.05) is 23.9 Å². The molecular weight excluding hydrogens is 408 g/mol. The number of ether oxygens (including phenoxy) is 1. The number of carbonyl (C=O) groups is 1. The standard InChI is InChI=1S/C23H22N6O3/c1-2-28-16-24-26-22(28)17-7-6-8-18(15-17)25-23(31)20-11-12-21(30)29(27-20)13-14-32-19-9-4-3-5-10-19/h3-12,15-16H,2,13-14H2,1H3,(H,25,31). The van der Waals surface area contributed by atoms with Gasteiger partial charge in [-0.3, -0.25) is 9.59 Å². The maximum Gasteiger partial charge on any atom is 0.276 e. The average molecular weight is 430 g/mol. The van der Waals surface area contributed by atoms with Crippen LogP contribution in [0.5, 0.6) is 5.75 Å². The molecule has 9 heteroatoms. The predicted octanol–water partition coefficient (Wildman–Crippen LogP) is 2.85. The van der Waals surface area contributed by atoms with Crippen molar-refractivity contribution in [2.75, 3.05) is 11.9 Å². The molecule has 32 heavy (non-hydrogen) atoms. The summed E-state index contributed by atoms with van der Waals surface area (Å²) < 4.78 is 8.75. The number of hydrogen-bond acceptors (Lipinski definition) is 6. The second-order valence-corrected chi connectivity index (χ2v) is 6.92. The molecule has 0 aliphatic carbocycles. The van der Waals surface area contributed by atoms with E-state index >= 15 is 0 Å². The summed E-state index contributed by atoms with van der Waals surface area (Å²) in [7, 11) is 0. The van der Waals surface area contributed by atoms with E-state index in [2.05, 4.69) is 20.6 Å². The van der Waals surface area contributed by atoms with Crippen molar-refractivity contribution >= 4 is 11.6 Å². The number of carbonyl (C=O) groups excluding carboxylic acids is 1. The van der Waals surface area contributed by atoms with E-state index < -0.39 is 5.91 Å². The Kier molecular flexibility index (Phi) is 6.35. The number of rotatable bonds is 8. The van der Waals surface area contributed by atoms with Gasteiger partial charge in [-0.1, -0.05) is 30.3 Å². The lowest BCUT2D eigenvalue weighted by Crippen LogP contribution is -2.28. The molecule has 0 atom stereocenters. The number of aryl methyl sites for hydroxylation is 1. The van der Waals surface area contributed by atoms with Crippen molar-refractivity contribution in [3.05, 3.63) is 89.1 Å². The van der Waals surface area contributed by atoms with Gasteiger partial charge in [-0.25, -0.2) is 4.68 Å². The molecule has 4 rings (SSSR count). The van der Waals surface area contributed by atoms with E-state index in [-0.39, 0.29) is 24.4 Å². The SMILES string of the molecule is CCn1cnnc1-c1cccc(NC(=O)c2ccc(=O)n(CCOc3ccccc3)n2)c1. The molecule has 0 aliphatic heterocycles. The third-order valence-electron chi connectivity index (χ3n) is 4.75. The Bertz CT molecular complexity index is 1270. The van der Waals surface area contributed by atoms with E-state index in [0.29, 0.717) is 17.3 Å². The van der Waals surface area contributed by atoms with Crippen molar-refractivity contribution in [1.82, 2.24) is 24.5 Å². The minimum absolute atomic E-state index is 0.131. The van der Waals surface area contributed by atoms with Gasteiger partial charge in [0.25, 0.3) is 11.5 Å². The highest BCUT2D eigenvalue weighted by atomic mass is 16.5. The summed E-state index contributed by atoms with van der Waals surface area (Å²) in [6.45, 7) is 3.21. The molecule has 0 bridgehead atoms. The molecule has 0 saturated carbocycles. The zero-order valence-corrected chi connectivity index (χ0v) is 17.5. The first-order valence-corrected chi connectivity index (χ1v) is 10.2. The van der Waals surface area contributed by atoms with Crippen LogP contribution in [-0.4, -0.2) is 37.1 Å². The first-order valence-electron chi connectivity index (χ1n) is 10.2. The van der Waals surface area contributed by atoms with Gasteiger partial charge in [-0.05, 0) is 37.3 Å². The van der Waals surface area contributed by atoms with E-state index in [9.17, 15) is 9.59 Å². The second kappa shape index (κ2) is 9.69. The van der Waals surface area contributed by atoms with Crippen LogP contribution in [0.4, 0.5) is 5.69 Å². The third kappa shape index (κ3) is 4.89. The van der Waals surface area contributed by atoms with Gasteiger partial charge in [-0.15, -0.1) is 10.2 Å². The lowest BCUT2D eigenvalue weighted by atomic mass is 10.2. The Balaban J connectivity index is 1.45. The minimum Gasteiger partial charge on any atom is -0.492 e. The molecule has 9 nitrogen and oxygen atoms in total. The van der Waals surface area contributed by atoms with Crippen LogP contribution in [0.1, 0.15) is 17.4 Å². The number of hydrogen-bond donors (Lipinski definition) is 1. The van der Waals surface area contributed by atoms with Gasteiger partial charge in [0.05, 0.1) is 6.54 Å². The smallest absolute Gasteiger partial charge is 0.276 e. The van der Waals surface area contributed by atoms with E-state index in [1.54, 1.807) is 12.4 Å². The lowest BCUT2D eigenvalue weighted by molar-refractivity contribution is 0.101. The summed E-state index contributed by atoms with van der Waals surface area (Å²) in [5, 5.41) is 15.1. The van der Waals surface area contributed by atoms with Gasteiger partial charge in [0.15, 0.2) is 5.82 Å². The fraction of sp³-hybridized carbons (Fsp3) is 0.174. The molecule has 4 aromatic rings. The van der Waals surface area contributed by atoms with E-state index in [4.69, 9.17) is 4.74 Å². The summed E-state index contributed by atoms with van der Waals surface area (Å²) in [5.41, 5.74) is 1.24. The number of para-hydroxylation sites is 1. The molecule has 2 aromatic carbocycles. The van der Waals surface area contributed by atoms with E-state index in [1.165, 1.54) is 16.8 Å². The summed E-state index contributed by atoms with van der Waals surface area (Å²) in [4.78, 5) is 24.9. The Morgan fingerprint density at radius 3 is 2.72 bits per heavy atom. The van der Waals surface area contributed by atoms with Crippen LogP contribution in [0.3, 0.4) is 0 Å². The maximum absolute atomic E-state index is 12.7. The number of nitrogens with zero attached hydrogens (tertiary/aromatic N) is 5. The zero-order valence-electron chi connectivity index (χ0n) is 17.5. The molecule has 1 amide bonds. The molecule has 0 fully saturated rings. The number of nitrogens with one attached hydrogen (secondary N) is 1. The zero-order chi connectivity index (χ0) is 22.3.